The molecule has 0 aliphatic heterocycles. The molecule has 2 amide bonds. The molecule has 2 N–H and O–H groups in total. The highest BCUT2D eigenvalue weighted by atomic mass is 16.5. The van der Waals surface area contributed by atoms with E-state index in [9.17, 15) is 9.59 Å². The molecule has 0 unspecified atom stereocenters. The summed E-state index contributed by atoms with van der Waals surface area (Å²) in [4.78, 5) is 24.0. The molecule has 6 nitrogen and oxygen atoms in total. The summed E-state index contributed by atoms with van der Waals surface area (Å²) >= 11 is 0. The van der Waals surface area contributed by atoms with Crippen LogP contribution in [0.3, 0.4) is 0 Å². The van der Waals surface area contributed by atoms with E-state index in [0.717, 1.165) is 0 Å². The van der Waals surface area contributed by atoms with Gasteiger partial charge in [0, 0.05) is 12.6 Å². The normalized spacial score (nSPS) is 10.1. The number of amides is 2. The summed E-state index contributed by atoms with van der Waals surface area (Å²) in [6.45, 7) is 5.64. The van der Waals surface area contributed by atoms with E-state index in [-0.39, 0.29) is 31.8 Å². The molecule has 0 bridgehead atoms. The monoisotopic (exact) mass is 232 g/mol. The number of aliphatic hydroxyl groups is 1. The number of ether oxygens (including phenoxy) is 1. The molecule has 0 aromatic carbocycles. The summed E-state index contributed by atoms with van der Waals surface area (Å²) in [6, 6.07) is -0.411. The predicted molar refractivity (Wildman–Crippen MR) is 59.0 cm³/mol. The van der Waals surface area contributed by atoms with Crippen LogP contribution in [0.4, 0.5) is 4.79 Å². The minimum atomic E-state index is -0.469. The van der Waals surface area contributed by atoms with Gasteiger partial charge in [-0.05, 0) is 20.8 Å². The minimum Gasteiger partial charge on any atom is -0.465 e. The summed E-state index contributed by atoms with van der Waals surface area (Å²) < 4.78 is 4.67. The van der Waals surface area contributed by atoms with Crippen molar-refractivity contribution in [3.8, 4) is 0 Å². The van der Waals surface area contributed by atoms with Gasteiger partial charge in [-0.15, -0.1) is 0 Å². The van der Waals surface area contributed by atoms with Gasteiger partial charge < -0.3 is 20.1 Å². The molecule has 0 heterocycles. The first-order chi connectivity index (χ1) is 7.52. The maximum absolute atomic E-state index is 11.6. The van der Waals surface area contributed by atoms with Gasteiger partial charge in [-0.1, -0.05) is 0 Å². The molecule has 94 valence electrons. The van der Waals surface area contributed by atoms with Crippen LogP contribution in [0.1, 0.15) is 20.8 Å². The van der Waals surface area contributed by atoms with Gasteiger partial charge in [-0.2, -0.15) is 0 Å². The van der Waals surface area contributed by atoms with E-state index in [4.69, 9.17) is 5.11 Å². The first-order valence-electron chi connectivity index (χ1n) is 5.33. The van der Waals surface area contributed by atoms with Crippen LogP contribution in [0.5, 0.6) is 0 Å². The average Bonchev–Trinajstić information content (AvgIpc) is 2.22. The molecule has 0 fully saturated rings. The molecular formula is C10H20N2O4. The maximum Gasteiger partial charge on any atom is 0.325 e. The number of rotatable bonds is 6. The third kappa shape index (κ3) is 5.55. The van der Waals surface area contributed by atoms with Crippen LogP contribution < -0.4 is 5.32 Å². The van der Waals surface area contributed by atoms with Crippen LogP contribution in [0.2, 0.25) is 0 Å². The lowest BCUT2D eigenvalue weighted by molar-refractivity contribution is -0.141. The van der Waals surface area contributed by atoms with Crippen molar-refractivity contribution in [3.63, 3.8) is 0 Å². The number of urea groups is 1. The lowest BCUT2D eigenvalue weighted by Gasteiger charge is -2.25. The zero-order chi connectivity index (χ0) is 12.6. The number of hydrogen-bond acceptors (Lipinski definition) is 4. The van der Waals surface area contributed by atoms with Crippen molar-refractivity contribution in [2.75, 3.05) is 26.3 Å². The number of esters is 1. The van der Waals surface area contributed by atoms with Crippen molar-refractivity contribution in [2.24, 2.45) is 0 Å². The standard InChI is InChI=1S/C10H20N2O4/c1-4-16-9(14)7-11-10(15)12(5-6-13)8(2)3/h8,13H,4-7H2,1-3H3,(H,11,15). The molecule has 0 aromatic heterocycles. The number of nitrogens with zero attached hydrogens (tertiary/aromatic N) is 1. The highest BCUT2D eigenvalue weighted by Gasteiger charge is 2.16. The molecule has 0 radical (unpaired) electrons. The first-order valence-corrected chi connectivity index (χ1v) is 5.33. The molecule has 16 heavy (non-hydrogen) atoms. The Morgan fingerprint density at radius 2 is 2.06 bits per heavy atom. The van der Waals surface area contributed by atoms with Crippen LogP contribution in [0.25, 0.3) is 0 Å². The lowest BCUT2D eigenvalue weighted by atomic mass is 10.3. The summed E-state index contributed by atoms with van der Waals surface area (Å²) in [7, 11) is 0. The number of hydrogen-bond donors (Lipinski definition) is 2. The summed E-state index contributed by atoms with van der Waals surface area (Å²) in [5.41, 5.74) is 0. The SMILES string of the molecule is CCOC(=O)CNC(=O)N(CCO)C(C)C. The molecule has 0 saturated carbocycles. The molecule has 0 aliphatic carbocycles. The highest BCUT2D eigenvalue weighted by Crippen LogP contribution is 1.97. The second-order valence-corrected chi connectivity index (χ2v) is 3.47. The fourth-order valence-electron chi connectivity index (χ4n) is 1.16. The number of aliphatic hydroxyl groups excluding tert-OH is 1. The van der Waals surface area contributed by atoms with Crippen molar-refractivity contribution < 1.29 is 19.4 Å². The van der Waals surface area contributed by atoms with Crippen molar-refractivity contribution in [1.82, 2.24) is 10.2 Å². The quantitative estimate of drug-likeness (QED) is 0.630. The Hall–Kier alpha value is -1.30. The fourth-order valence-corrected chi connectivity index (χ4v) is 1.16. The fraction of sp³-hybridized carbons (Fsp3) is 0.800. The van der Waals surface area contributed by atoms with Crippen molar-refractivity contribution in [2.45, 2.75) is 26.8 Å². The molecule has 0 saturated heterocycles. The van der Waals surface area contributed by atoms with Gasteiger partial charge >= 0.3 is 12.0 Å². The molecule has 0 rings (SSSR count). The van der Waals surface area contributed by atoms with Gasteiger partial charge in [-0.3, -0.25) is 4.79 Å². The highest BCUT2D eigenvalue weighted by molar-refractivity contribution is 5.80. The molecule has 6 heteroatoms. The van der Waals surface area contributed by atoms with Gasteiger partial charge in [0.05, 0.1) is 13.2 Å². The number of carbonyl (C=O) groups excluding carboxylic acids is 2. The topological polar surface area (TPSA) is 78.9 Å². The second-order valence-electron chi connectivity index (χ2n) is 3.47. The van der Waals surface area contributed by atoms with E-state index in [1.165, 1.54) is 4.90 Å². The molecule has 0 spiro atoms. The van der Waals surface area contributed by atoms with Crippen molar-refractivity contribution >= 4 is 12.0 Å². The van der Waals surface area contributed by atoms with Crippen molar-refractivity contribution in [3.05, 3.63) is 0 Å². The largest absolute Gasteiger partial charge is 0.465 e. The van der Waals surface area contributed by atoms with Crippen LogP contribution in [0, 0.1) is 0 Å². The summed E-state index contributed by atoms with van der Waals surface area (Å²) in [6.07, 6.45) is 0. The third-order valence-electron chi connectivity index (χ3n) is 1.91. The van der Waals surface area contributed by atoms with Gasteiger partial charge in [0.15, 0.2) is 0 Å². The predicted octanol–water partition coefficient (Wildman–Crippen LogP) is -0.0382. The van der Waals surface area contributed by atoms with E-state index >= 15 is 0 Å². The summed E-state index contributed by atoms with van der Waals surface area (Å²) in [5, 5.41) is 11.2. The second kappa shape index (κ2) is 7.92. The van der Waals surface area contributed by atoms with Crippen LogP contribution in [0.15, 0.2) is 0 Å². The maximum atomic E-state index is 11.6. The van der Waals surface area contributed by atoms with Gasteiger partial charge in [0.1, 0.15) is 6.54 Å². The zero-order valence-electron chi connectivity index (χ0n) is 10.0. The van der Waals surface area contributed by atoms with Gasteiger partial charge in [0.25, 0.3) is 0 Å². The van der Waals surface area contributed by atoms with E-state index in [1.807, 2.05) is 13.8 Å². The van der Waals surface area contributed by atoms with Crippen LogP contribution >= 0.6 is 0 Å². The van der Waals surface area contributed by atoms with Gasteiger partial charge in [-0.25, -0.2) is 4.79 Å². The van der Waals surface area contributed by atoms with E-state index in [2.05, 4.69) is 10.1 Å². The number of nitrogens with one attached hydrogen (secondary N) is 1. The number of carbonyl (C=O) groups is 2. The van der Waals surface area contributed by atoms with Gasteiger partial charge in [0.2, 0.25) is 0 Å². The Morgan fingerprint density at radius 3 is 2.50 bits per heavy atom. The Bertz CT molecular complexity index is 231. The molecular weight excluding hydrogens is 212 g/mol. The van der Waals surface area contributed by atoms with Crippen molar-refractivity contribution in [1.29, 1.82) is 0 Å². The summed E-state index contributed by atoms with van der Waals surface area (Å²) in [5.74, 6) is -0.469. The van der Waals surface area contributed by atoms with Crippen LogP contribution in [-0.4, -0.2) is 54.4 Å². The zero-order valence-corrected chi connectivity index (χ0v) is 10.0. The molecule has 0 atom stereocenters. The third-order valence-corrected chi connectivity index (χ3v) is 1.91. The lowest BCUT2D eigenvalue weighted by Crippen LogP contribution is -2.46. The Balaban J connectivity index is 4.05. The van der Waals surface area contributed by atoms with Crippen LogP contribution in [-0.2, 0) is 9.53 Å². The Labute approximate surface area is 95.6 Å². The Morgan fingerprint density at radius 1 is 1.44 bits per heavy atom. The first kappa shape index (κ1) is 14.7. The molecule has 0 aromatic rings. The van der Waals surface area contributed by atoms with E-state index in [0.29, 0.717) is 6.61 Å². The molecule has 0 aliphatic rings. The van der Waals surface area contributed by atoms with E-state index in [1.54, 1.807) is 6.92 Å². The Kier molecular flexibility index (Phi) is 7.28. The van der Waals surface area contributed by atoms with E-state index < -0.39 is 5.97 Å². The average molecular weight is 232 g/mol. The minimum absolute atomic E-state index is 0.0330. The smallest absolute Gasteiger partial charge is 0.325 e.